The zero-order valence-corrected chi connectivity index (χ0v) is 11.0. The van der Waals surface area contributed by atoms with E-state index in [1.165, 1.54) is 37.3 Å². The molecule has 0 atom stereocenters. The van der Waals surface area contributed by atoms with E-state index in [0.29, 0.717) is 22.8 Å². The second kappa shape index (κ2) is 5.79. The van der Waals surface area contributed by atoms with E-state index in [2.05, 4.69) is 4.74 Å². The lowest BCUT2D eigenvalue weighted by Crippen LogP contribution is -2.02. The van der Waals surface area contributed by atoms with Crippen molar-refractivity contribution in [1.29, 1.82) is 0 Å². The fraction of sp³-hybridized carbons (Fsp3) is 0.154. The minimum absolute atomic E-state index is 0.358. The van der Waals surface area contributed by atoms with Crippen LogP contribution in [0.25, 0.3) is 0 Å². The van der Waals surface area contributed by atoms with E-state index in [9.17, 15) is 9.18 Å². The fourth-order valence-electron chi connectivity index (χ4n) is 1.54. The van der Waals surface area contributed by atoms with Crippen molar-refractivity contribution >= 4 is 23.4 Å². The third-order valence-electron chi connectivity index (χ3n) is 2.48. The molecule has 0 aliphatic carbocycles. The third kappa shape index (κ3) is 3.08. The van der Waals surface area contributed by atoms with Crippen LogP contribution in [0.5, 0.6) is 0 Å². The van der Waals surface area contributed by atoms with Crippen LogP contribution in [0.1, 0.15) is 16.1 Å². The van der Waals surface area contributed by atoms with Gasteiger partial charge in [0.05, 0.1) is 19.1 Å². The summed E-state index contributed by atoms with van der Waals surface area (Å²) in [4.78, 5) is 12.2. The number of esters is 1. The highest BCUT2D eigenvalue weighted by atomic mass is 32.2. The Morgan fingerprint density at radius 3 is 2.95 bits per heavy atom. The molecule has 2 rings (SSSR count). The molecule has 0 saturated heterocycles. The van der Waals surface area contributed by atoms with Gasteiger partial charge in [-0.25, -0.2) is 9.18 Å². The number of hydrogen-bond donors (Lipinski definition) is 1. The highest BCUT2D eigenvalue weighted by Gasteiger charge is 2.15. The van der Waals surface area contributed by atoms with Gasteiger partial charge >= 0.3 is 5.97 Å². The first-order chi connectivity index (χ1) is 9.11. The van der Waals surface area contributed by atoms with Crippen molar-refractivity contribution in [1.82, 2.24) is 0 Å². The number of methoxy groups -OCH3 is 1. The molecule has 2 N–H and O–H groups in total. The maximum absolute atomic E-state index is 12.9. The summed E-state index contributed by atoms with van der Waals surface area (Å²) < 4.78 is 22.8. The molecule has 0 spiro atoms. The first-order valence-electron chi connectivity index (χ1n) is 5.44. The number of carbonyl (C=O) groups excluding carboxylic acids is 1. The number of halogens is 1. The molecule has 0 radical (unpaired) electrons. The molecule has 0 saturated carbocycles. The van der Waals surface area contributed by atoms with Crippen molar-refractivity contribution in [2.75, 3.05) is 12.8 Å². The van der Waals surface area contributed by atoms with E-state index >= 15 is 0 Å². The van der Waals surface area contributed by atoms with Gasteiger partial charge in [-0.2, -0.15) is 0 Å². The van der Waals surface area contributed by atoms with E-state index in [-0.39, 0.29) is 5.82 Å². The average Bonchev–Trinajstić information content (AvgIpc) is 2.85. The van der Waals surface area contributed by atoms with Crippen LogP contribution >= 0.6 is 11.8 Å². The van der Waals surface area contributed by atoms with Crippen molar-refractivity contribution in [3.05, 3.63) is 47.7 Å². The molecule has 1 aromatic carbocycles. The minimum atomic E-state index is -0.448. The molecule has 1 aromatic heterocycles. The van der Waals surface area contributed by atoms with Gasteiger partial charge in [0.1, 0.15) is 17.1 Å². The van der Waals surface area contributed by atoms with Crippen molar-refractivity contribution in [3.8, 4) is 0 Å². The van der Waals surface area contributed by atoms with Crippen molar-refractivity contribution in [3.63, 3.8) is 0 Å². The van der Waals surface area contributed by atoms with Crippen molar-refractivity contribution in [2.24, 2.45) is 0 Å². The first kappa shape index (κ1) is 13.5. The summed E-state index contributed by atoms with van der Waals surface area (Å²) in [5, 5.41) is 0. The average molecular weight is 281 g/mol. The quantitative estimate of drug-likeness (QED) is 0.530. The van der Waals surface area contributed by atoms with Crippen LogP contribution in [-0.2, 0) is 10.5 Å². The molecule has 4 nitrogen and oxygen atoms in total. The van der Waals surface area contributed by atoms with Gasteiger partial charge in [-0.1, -0.05) is 0 Å². The molecular formula is C13H12FNO3S. The Bertz CT molecular complexity index is 597. The number of furan rings is 1. The lowest BCUT2D eigenvalue weighted by molar-refractivity contribution is 0.0598. The van der Waals surface area contributed by atoms with Crippen LogP contribution in [0.2, 0.25) is 0 Å². The van der Waals surface area contributed by atoms with E-state index < -0.39 is 5.97 Å². The lowest BCUT2D eigenvalue weighted by Gasteiger charge is -2.05. The summed E-state index contributed by atoms with van der Waals surface area (Å²) >= 11 is 1.36. The zero-order chi connectivity index (χ0) is 13.8. The van der Waals surface area contributed by atoms with Crippen LogP contribution in [0.4, 0.5) is 10.1 Å². The van der Waals surface area contributed by atoms with Crippen LogP contribution in [-0.4, -0.2) is 13.1 Å². The number of benzene rings is 1. The Kier molecular flexibility index (Phi) is 4.11. The van der Waals surface area contributed by atoms with Crippen LogP contribution in [0, 0.1) is 5.82 Å². The van der Waals surface area contributed by atoms with Gasteiger partial charge in [0, 0.05) is 10.6 Å². The SMILES string of the molecule is COC(=O)c1ccoc1CSc1ccc(F)cc1N. The highest BCUT2D eigenvalue weighted by molar-refractivity contribution is 7.98. The molecule has 1 heterocycles. The lowest BCUT2D eigenvalue weighted by atomic mass is 10.3. The topological polar surface area (TPSA) is 65.5 Å². The smallest absolute Gasteiger partial charge is 0.341 e. The fourth-order valence-corrected chi connectivity index (χ4v) is 2.44. The molecule has 6 heteroatoms. The van der Waals surface area contributed by atoms with Crippen molar-refractivity contribution < 1.29 is 18.3 Å². The van der Waals surface area contributed by atoms with E-state index in [4.69, 9.17) is 10.2 Å². The van der Waals surface area contributed by atoms with Crippen LogP contribution in [0.15, 0.2) is 39.8 Å². The number of nitrogen functional groups attached to an aromatic ring is 1. The van der Waals surface area contributed by atoms with Gasteiger partial charge in [0.15, 0.2) is 0 Å². The van der Waals surface area contributed by atoms with Crippen LogP contribution < -0.4 is 5.73 Å². The molecule has 0 aliphatic rings. The van der Waals surface area contributed by atoms with Gasteiger partial charge in [-0.15, -0.1) is 11.8 Å². The maximum atomic E-state index is 12.9. The van der Waals surface area contributed by atoms with Gasteiger partial charge in [-0.3, -0.25) is 0 Å². The monoisotopic (exact) mass is 281 g/mol. The summed E-state index contributed by atoms with van der Waals surface area (Å²) in [6.07, 6.45) is 1.43. The second-order valence-corrected chi connectivity index (χ2v) is 4.74. The largest absolute Gasteiger partial charge is 0.468 e. The van der Waals surface area contributed by atoms with Crippen molar-refractivity contribution in [2.45, 2.75) is 10.6 Å². The van der Waals surface area contributed by atoms with E-state index in [1.54, 1.807) is 12.1 Å². The number of rotatable bonds is 4. The molecule has 2 aromatic rings. The van der Waals surface area contributed by atoms with Crippen LogP contribution in [0.3, 0.4) is 0 Å². The third-order valence-corrected chi connectivity index (χ3v) is 3.57. The number of thioether (sulfide) groups is 1. The molecule has 100 valence electrons. The zero-order valence-electron chi connectivity index (χ0n) is 10.2. The summed E-state index contributed by atoms with van der Waals surface area (Å²) in [7, 11) is 1.31. The van der Waals surface area contributed by atoms with E-state index in [1.807, 2.05) is 0 Å². The predicted molar refractivity (Wildman–Crippen MR) is 70.4 cm³/mol. The first-order valence-corrected chi connectivity index (χ1v) is 6.43. The molecule has 0 unspecified atom stereocenters. The Morgan fingerprint density at radius 1 is 1.47 bits per heavy atom. The molecule has 0 bridgehead atoms. The number of carbonyl (C=O) groups is 1. The second-order valence-electron chi connectivity index (χ2n) is 3.72. The Morgan fingerprint density at radius 2 is 2.26 bits per heavy atom. The Labute approximate surface area is 113 Å². The molecule has 0 amide bonds. The van der Waals surface area contributed by atoms with Gasteiger partial charge in [0.25, 0.3) is 0 Å². The molecule has 0 aliphatic heterocycles. The number of hydrogen-bond acceptors (Lipinski definition) is 5. The standard InChI is InChI=1S/C13H12FNO3S/c1-17-13(16)9-4-5-18-11(9)7-19-12-3-2-8(14)6-10(12)15/h2-6H,7,15H2,1H3. The Balaban J connectivity index is 2.10. The highest BCUT2D eigenvalue weighted by Crippen LogP contribution is 2.30. The van der Waals surface area contributed by atoms with Gasteiger partial charge in [-0.05, 0) is 24.3 Å². The minimum Gasteiger partial charge on any atom is -0.468 e. The van der Waals surface area contributed by atoms with Gasteiger partial charge in [0.2, 0.25) is 0 Å². The molecule has 0 fully saturated rings. The normalized spacial score (nSPS) is 10.4. The molecule has 19 heavy (non-hydrogen) atoms. The predicted octanol–water partition coefficient (Wildman–Crippen LogP) is 3.08. The number of ether oxygens (including phenoxy) is 1. The summed E-state index contributed by atoms with van der Waals surface area (Å²) in [5.41, 5.74) is 6.44. The van der Waals surface area contributed by atoms with E-state index in [0.717, 1.165) is 4.90 Å². The molecular weight excluding hydrogens is 269 g/mol. The summed E-state index contributed by atoms with van der Waals surface area (Å²) in [6, 6.07) is 5.74. The van der Waals surface area contributed by atoms with Gasteiger partial charge < -0.3 is 14.9 Å². The maximum Gasteiger partial charge on any atom is 0.341 e. The number of anilines is 1. The summed E-state index contributed by atoms with van der Waals surface area (Å²) in [5.74, 6) is 0.0832. The number of nitrogens with two attached hydrogens (primary N) is 1. The summed E-state index contributed by atoms with van der Waals surface area (Å²) in [6.45, 7) is 0. The Hall–Kier alpha value is -1.95.